The molecule has 2 unspecified atom stereocenters. The van der Waals surface area contributed by atoms with Gasteiger partial charge in [0.25, 0.3) is 0 Å². The third kappa shape index (κ3) is 2.64. The van der Waals surface area contributed by atoms with E-state index in [2.05, 4.69) is 0 Å². The molecule has 2 atom stereocenters. The molecular weight excluding hydrogens is 286 g/mol. The Morgan fingerprint density at radius 2 is 2.00 bits per heavy atom. The SMILES string of the molecule is Cc1cccc(S(=O)(=O)N2CCCC2C2CCCC2=O)c1. The van der Waals surface area contributed by atoms with Crippen LogP contribution in [0, 0.1) is 12.8 Å². The number of nitrogens with zero attached hydrogens (tertiary/aromatic N) is 1. The van der Waals surface area contributed by atoms with Crippen molar-refractivity contribution in [1.29, 1.82) is 0 Å². The quantitative estimate of drug-likeness (QED) is 0.862. The molecule has 0 aromatic heterocycles. The third-order valence-electron chi connectivity index (χ3n) is 4.66. The van der Waals surface area contributed by atoms with Crippen molar-refractivity contribution in [2.45, 2.75) is 50.0 Å². The fraction of sp³-hybridized carbons (Fsp3) is 0.562. The Hall–Kier alpha value is -1.20. The minimum atomic E-state index is -3.49. The van der Waals surface area contributed by atoms with Crippen molar-refractivity contribution in [3.05, 3.63) is 29.8 Å². The first kappa shape index (κ1) is 14.7. The minimum Gasteiger partial charge on any atom is -0.299 e. The Kier molecular flexibility index (Phi) is 3.88. The van der Waals surface area contributed by atoms with Crippen LogP contribution in [0.4, 0.5) is 0 Å². The summed E-state index contributed by atoms with van der Waals surface area (Å²) in [7, 11) is -3.49. The van der Waals surface area contributed by atoms with E-state index >= 15 is 0 Å². The Morgan fingerprint density at radius 3 is 2.67 bits per heavy atom. The van der Waals surface area contributed by atoms with E-state index < -0.39 is 10.0 Å². The van der Waals surface area contributed by atoms with Gasteiger partial charge >= 0.3 is 0 Å². The molecule has 3 rings (SSSR count). The molecule has 1 saturated carbocycles. The number of carbonyl (C=O) groups excluding carboxylic acids is 1. The highest BCUT2D eigenvalue weighted by atomic mass is 32.2. The lowest BCUT2D eigenvalue weighted by Gasteiger charge is -2.28. The molecular formula is C16H21NO3S. The zero-order valence-electron chi connectivity index (χ0n) is 12.3. The van der Waals surface area contributed by atoms with Gasteiger partial charge in [0.2, 0.25) is 10.0 Å². The highest BCUT2D eigenvalue weighted by Gasteiger charge is 2.43. The van der Waals surface area contributed by atoms with Crippen LogP contribution >= 0.6 is 0 Å². The van der Waals surface area contributed by atoms with Crippen molar-refractivity contribution in [1.82, 2.24) is 4.31 Å². The van der Waals surface area contributed by atoms with Crippen LogP contribution in [0.2, 0.25) is 0 Å². The van der Waals surface area contributed by atoms with Gasteiger partial charge in [-0.3, -0.25) is 4.79 Å². The maximum absolute atomic E-state index is 12.9. The van der Waals surface area contributed by atoms with E-state index in [1.165, 1.54) is 0 Å². The minimum absolute atomic E-state index is 0.0907. The molecule has 2 fully saturated rings. The van der Waals surface area contributed by atoms with Gasteiger partial charge in [-0.25, -0.2) is 8.42 Å². The lowest BCUT2D eigenvalue weighted by molar-refractivity contribution is -0.121. The van der Waals surface area contributed by atoms with Gasteiger partial charge in [0.15, 0.2) is 0 Å². The van der Waals surface area contributed by atoms with Crippen molar-refractivity contribution in [2.24, 2.45) is 5.92 Å². The molecule has 1 aromatic rings. The summed E-state index contributed by atoms with van der Waals surface area (Å²) in [6, 6.07) is 6.88. The molecule has 0 bridgehead atoms. The molecule has 0 amide bonds. The van der Waals surface area contributed by atoms with Crippen molar-refractivity contribution in [2.75, 3.05) is 6.54 Å². The molecule has 1 aliphatic heterocycles. The average molecular weight is 307 g/mol. The second-order valence-electron chi connectivity index (χ2n) is 6.11. The molecule has 1 aliphatic carbocycles. The summed E-state index contributed by atoms with van der Waals surface area (Å²) in [5, 5.41) is 0. The lowest BCUT2D eigenvalue weighted by Crippen LogP contribution is -2.41. The molecule has 1 heterocycles. The van der Waals surface area contributed by atoms with Crippen LogP contribution in [0.1, 0.15) is 37.7 Å². The Bertz CT molecular complexity index is 653. The Morgan fingerprint density at radius 1 is 1.19 bits per heavy atom. The molecule has 0 N–H and O–H groups in total. The Labute approximate surface area is 126 Å². The maximum Gasteiger partial charge on any atom is 0.243 e. The first-order chi connectivity index (χ1) is 10.00. The summed E-state index contributed by atoms with van der Waals surface area (Å²) in [6.45, 7) is 2.42. The molecule has 1 saturated heterocycles. The van der Waals surface area contributed by atoms with Gasteiger partial charge in [0.1, 0.15) is 5.78 Å². The van der Waals surface area contributed by atoms with E-state index in [1.54, 1.807) is 22.5 Å². The monoisotopic (exact) mass is 307 g/mol. The van der Waals surface area contributed by atoms with Crippen LogP contribution < -0.4 is 0 Å². The third-order valence-corrected chi connectivity index (χ3v) is 6.58. The van der Waals surface area contributed by atoms with Gasteiger partial charge in [-0.2, -0.15) is 4.31 Å². The maximum atomic E-state index is 12.9. The normalized spacial score (nSPS) is 27.4. The molecule has 5 heteroatoms. The fourth-order valence-corrected chi connectivity index (χ4v) is 5.46. The van der Waals surface area contributed by atoms with E-state index in [0.29, 0.717) is 17.9 Å². The highest BCUT2D eigenvalue weighted by molar-refractivity contribution is 7.89. The summed E-state index contributed by atoms with van der Waals surface area (Å²) in [5.41, 5.74) is 0.934. The van der Waals surface area contributed by atoms with E-state index in [9.17, 15) is 13.2 Å². The molecule has 114 valence electrons. The van der Waals surface area contributed by atoms with Crippen molar-refractivity contribution in [3.8, 4) is 0 Å². The number of benzene rings is 1. The van der Waals surface area contributed by atoms with Crippen LogP contribution in [-0.2, 0) is 14.8 Å². The second kappa shape index (κ2) is 5.54. The summed E-state index contributed by atoms with van der Waals surface area (Å²) >= 11 is 0. The largest absolute Gasteiger partial charge is 0.299 e. The summed E-state index contributed by atoms with van der Waals surface area (Å²) < 4.78 is 27.3. The number of hydrogen-bond acceptors (Lipinski definition) is 3. The first-order valence-corrected chi connectivity index (χ1v) is 9.05. The zero-order valence-corrected chi connectivity index (χ0v) is 13.1. The highest BCUT2D eigenvalue weighted by Crippen LogP contribution is 2.36. The average Bonchev–Trinajstić information content (AvgIpc) is 3.07. The number of sulfonamides is 1. The first-order valence-electron chi connectivity index (χ1n) is 7.61. The standard InChI is InChI=1S/C16H21NO3S/c1-12-5-2-6-13(11-12)21(19,20)17-10-4-8-15(17)14-7-3-9-16(14)18/h2,5-6,11,14-15H,3-4,7-10H2,1H3. The van der Waals surface area contributed by atoms with Gasteiger partial charge in [0.05, 0.1) is 4.90 Å². The number of carbonyl (C=O) groups is 1. The number of hydrogen-bond donors (Lipinski definition) is 0. The molecule has 0 spiro atoms. The number of aryl methyl sites for hydroxylation is 1. The van der Waals surface area contributed by atoms with Crippen molar-refractivity contribution < 1.29 is 13.2 Å². The molecule has 2 aliphatic rings. The number of ketones is 1. The summed E-state index contributed by atoms with van der Waals surface area (Å²) in [4.78, 5) is 12.4. The van der Waals surface area contributed by atoms with E-state index in [0.717, 1.165) is 31.2 Å². The van der Waals surface area contributed by atoms with E-state index in [1.807, 2.05) is 13.0 Å². The van der Waals surface area contributed by atoms with Crippen molar-refractivity contribution in [3.63, 3.8) is 0 Å². The predicted octanol–water partition coefficient (Wildman–Crippen LogP) is 2.52. The fourth-order valence-electron chi connectivity index (χ4n) is 3.63. The van der Waals surface area contributed by atoms with Crippen LogP contribution in [0.3, 0.4) is 0 Å². The topological polar surface area (TPSA) is 54.5 Å². The van der Waals surface area contributed by atoms with E-state index in [4.69, 9.17) is 0 Å². The second-order valence-corrected chi connectivity index (χ2v) is 8.00. The van der Waals surface area contributed by atoms with Gasteiger partial charge in [-0.1, -0.05) is 12.1 Å². The van der Waals surface area contributed by atoms with Gasteiger partial charge in [-0.15, -0.1) is 0 Å². The summed E-state index contributed by atoms with van der Waals surface area (Å²) in [5.74, 6) is 0.151. The molecule has 4 nitrogen and oxygen atoms in total. The molecule has 1 aromatic carbocycles. The lowest BCUT2D eigenvalue weighted by atomic mass is 9.96. The Balaban J connectivity index is 1.92. The van der Waals surface area contributed by atoms with Gasteiger partial charge < -0.3 is 0 Å². The van der Waals surface area contributed by atoms with Crippen LogP contribution in [0.25, 0.3) is 0 Å². The number of Topliss-reactive ketones (excluding diaryl/α,β-unsaturated/α-hetero) is 1. The van der Waals surface area contributed by atoms with E-state index in [-0.39, 0.29) is 17.7 Å². The van der Waals surface area contributed by atoms with Gasteiger partial charge in [0, 0.05) is 24.9 Å². The van der Waals surface area contributed by atoms with Crippen molar-refractivity contribution >= 4 is 15.8 Å². The summed E-state index contributed by atoms with van der Waals surface area (Å²) in [6.07, 6.45) is 4.00. The molecule has 0 radical (unpaired) electrons. The zero-order chi connectivity index (χ0) is 15.0. The predicted molar refractivity (Wildman–Crippen MR) is 80.4 cm³/mol. The van der Waals surface area contributed by atoms with Crippen LogP contribution in [0.5, 0.6) is 0 Å². The van der Waals surface area contributed by atoms with Crippen LogP contribution in [0.15, 0.2) is 29.2 Å². The molecule has 21 heavy (non-hydrogen) atoms. The smallest absolute Gasteiger partial charge is 0.243 e. The number of rotatable bonds is 3. The van der Waals surface area contributed by atoms with Crippen LogP contribution in [-0.4, -0.2) is 31.1 Å². The van der Waals surface area contributed by atoms with Gasteiger partial charge in [-0.05, 0) is 50.3 Å².